The van der Waals surface area contributed by atoms with E-state index in [2.05, 4.69) is 10.0 Å². The molecule has 0 aliphatic heterocycles. The first-order chi connectivity index (χ1) is 7.81. The van der Waals surface area contributed by atoms with Gasteiger partial charge in [0.1, 0.15) is 0 Å². The molecule has 0 radical (unpaired) electrons. The van der Waals surface area contributed by atoms with Crippen molar-refractivity contribution in [3.8, 4) is 0 Å². The molecule has 7 heteroatoms. The van der Waals surface area contributed by atoms with E-state index in [4.69, 9.17) is 5.73 Å². The Morgan fingerprint density at radius 1 is 1.29 bits per heavy atom. The third-order valence-corrected chi connectivity index (χ3v) is 3.77. The number of anilines is 2. The smallest absolute Gasteiger partial charge is 0.316 e. The van der Waals surface area contributed by atoms with E-state index in [-0.39, 0.29) is 0 Å². The number of primary amides is 1. The van der Waals surface area contributed by atoms with Gasteiger partial charge in [-0.05, 0) is 32.0 Å². The summed E-state index contributed by atoms with van der Waals surface area (Å²) < 4.78 is 25.6. The molecule has 6 nitrogen and oxygen atoms in total. The van der Waals surface area contributed by atoms with Gasteiger partial charge in [0, 0.05) is 5.69 Å². The quantitative estimate of drug-likeness (QED) is 0.758. The molecule has 2 amide bonds. The van der Waals surface area contributed by atoms with Gasteiger partial charge in [0.2, 0.25) is 10.0 Å². The molecule has 0 fully saturated rings. The highest BCUT2D eigenvalue weighted by Crippen LogP contribution is 2.17. The molecule has 0 saturated heterocycles. The molecule has 1 rings (SSSR count). The summed E-state index contributed by atoms with van der Waals surface area (Å²) in [6.07, 6.45) is 0. The molecule has 0 bridgehead atoms. The van der Waals surface area contributed by atoms with Gasteiger partial charge in [-0.1, -0.05) is 6.07 Å². The second kappa shape index (κ2) is 5.05. The fourth-order valence-electron chi connectivity index (χ4n) is 1.08. The Balaban J connectivity index is 2.90. The molecule has 0 atom stereocenters. The summed E-state index contributed by atoms with van der Waals surface area (Å²) in [4.78, 5) is 10.6. The van der Waals surface area contributed by atoms with Crippen LogP contribution in [0.15, 0.2) is 24.3 Å². The van der Waals surface area contributed by atoms with Crippen molar-refractivity contribution >= 4 is 27.4 Å². The van der Waals surface area contributed by atoms with Gasteiger partial charge >= 0.3 is 6.03 Å². The number of nitrogens with one attached hydrogen (secondary N) is 2. The lowest BCUT2D eigenvalue weighted by atomic mass is 10.3. The van der Waals surface area contributed by atoms with Crippen molar-refractivity contribution in [2.75, 3.05) is 10.0 Å². The van der Waals surface area contributed by atoms with Crippen LogP contribution in [0.1, 0.15) is 13.8 Å². The predicted octanol–water partition coefficient (Wildman–Crippen LogP) is 1.33. The molecule has 4 N–H and O–H groups in total. The van der Waals surface area contributed by atoms with Gasteiger partial charge in [0.05, 0.1) is 10.9 Å². The maximum absolute atomic E-state index is 11.6. The maximum Gasteiger partial charge on any atom is 0.316 e. The van der Waals surface area contributed by atoms with Crippen molar-refractivity contribution in [1.82, 2.24) is 0 Å². The first kappa shape index (κ1) is 13.3. The summed E-state index contributed by atoms with van der Waals surface area (Å²) >= 11 is 0. The summed E-state index contributed by atoms with van der Waals surface area (Å²) in [5, 5.41) is 1.83. The Morgan fingerprint density at radius 3 is 2.41 bits per heavy atom. The van der Waals surface area contributed by atoms with Gasteiger partial charge in [0.15, 0.2) is 0 Å². The average Bonchev–Trinajstić information content (AvgIpc) is 2.15. The number of hydrogen-bond acceptors (Lipinski definition) is 3. The molecule has 0 heterocycles. The Bertz CT molecular complexity index is 511. The van der Waals surface area contributed by atoms with Crippen molar-refractivity contribution in [3.05, 3.63) is 24.3 Å². The van der Waals surface area contributed by atoms with Crippen molar-refractivity contribution < 1.29 is 13.2 Å². The fraction of sp³-hybridized carbons (Fsp3) is 0.300. The lowest BCUT2D eigenvalue weighted by molar-refractivity contribution is 0.259. The number of sulfonamides is 1. The molecular weight excluding hydrogens is 242 g/mol. The molecule has 0 saturated carbocycles. The SMILES string of the molecule is CC(C)S(=O)(=O)Nc1cccc(NC(N)=O)c1. The highest BCUT2D eigenvalue weighted by Gasteiger charge is 2.15. The van der Waals surface area contributed by atoms with Gasteiger partial charge in [-0.2, -0.15) is 0 Å². The number of nitrogens with two attached hydrogens (primary N) is 1. The molecule has 17 heavy (non-hydrogen) atoms. The van der Waals surface area contributed by atoms with Crippen LogP contribution >= 0.6 is 0 Å². The van der Waals surface area contributed by atoms with Gasteiger partial charge in [-0.3, -0.25) is 4.72 Å². The number of hydrogen-bond donors (Lipinski definition) is 3. The van der Waals surface area contributed by atoms with E-state index >= 15 is 0 Å². The lowest BCUT2D eigenvalue weighted by Crippen LogP contribution is -2.23. The van der Waals surface area contributed by atoms with Crippen molar-refractivity contribution in [2.45, 2.75) is 19.1 Å². The monoisotopic (exact) mass is 257 g/mol. The van der Waals surface area contributed by atoms with E-state index in [0.29, 0.717) is 11.4 Å². The van der Waals surface area contributed by atoms with E-state index in [1.807, 2.05) is 0 Å². The zero-order chi connectivity index (χ0) is 13.1. The number of carbonyl (C=O) groups is 1. The third-order valence-electron chi connectivity index (χ3n) is 2.01. The molecule has 0 unspecified atom stereocenters. The number of carbonyl (C=O) groups excluding carboxylic acids is 1. The summed E-state index contributed by atoms with van der Waals surface area (Å²) in [6, 6.07) is 5.60. The summed E-state index contributed by atoms with van der Waals surface area (Å²) in [7, 11) is -3.39. The van der Waals surface area contributed by atoms with Crippen molar-refractivity contribution in [1.29, 1.82) is 0 Å². The van der Waals surface area contributed by atoms with Crippen LogP contribution in [0.3, 0.4) is 0 Å². The van der Waals surface area contributed by atoms with Crippen molar-refractivity contribution in [3.63, 3.8) is 0 Å². The van der Waals surface area contributed by atoms with Gasteiger partial charge in [-0.25, -0.2) is 13.2 Å². The lowest BCUT2D eigenvalue weighted by Gasteiger charge is -2.11. The molecule has 0 aromatic heterocycles. The summed E-state index contributed by atoms with van der Waals surface area (Å²) in [5.74, 6) is 0. The van der Waals surface area contributed by atoms with E-state index < -0.39 is 21.3 Å². The van der Waals surface area contributed by atoms with Crippen LogP contribution in [-0.4, -0.2) is 19.7 Å². The minimum Gasteiger partial charge on any atom is -0.351 e. The number of urea groups is 1. The van der Waals surface area contributed by atoms with Crippen LogP contribution < -0.4 is 15.8 Å². The molecule has 94 valence electrons. The first-order valence-electron chi connectivity index (χ1n) is 4.99. The highest BCUT2D eigenvalue weighted by atomic mass is 32.2. The summed E-state index contributed by atoms with van der Waals surface area (Å²) in [5.41, 5.74) is 5.77. The van der Waals surface area contributed by atoms with E-state index in [1.165, 1.54) is 6.07 Å². The minimum absolute atomic E-state index is 0.380. The van der Waals surface area contributed by atoms with Crippen LogP contribution in [0.4, 0.5) is 16.2 Å². The Morgan fingerprint density at radius 2 is 1.88 bits per heavy atom. The molecular formula is C10H15N3O3S. The summed E-state index contributed by atoms with van der Waals surface area (Å²) in [6.45, 7) is 3.15. The van der Waals surface area contributed by atoms with Gasteiger partial charge in [0.25, 0.3) is 0 Å². The van der Waals surface area contributed by atoms with Gasteiger partial charge < -0.3 is 11.1 Å². The van der Waals surface area contributed by atoms with Crippen molar-refractivity contribution in [2.24, 2.45) is 5.73 Å². The first-order valence-corrected chi connectivity index (χ1v) is 6.54. The normalized spacial score (nSPS) is 11.2. The van der Waals surface area contributed by atoms with E-state index in [9.17, 15) is 13.2 Å². The second-order valence-corrected chi connectivity index (χ2v) is 6.00. The molecule has 0 spiro atoms. The van der Waals surface area contributed by atoms with Crippen LogP contribution in [0, 0.1) is 0 Å². The van der Waals surface area contributed by atoms with Crippen LogP contribution in [0.2, 0.25) is 0 Å². The van der Waals surface area contributed by atoms with Gasteiger partial charge in [-0.15, -0.1) is 0 Å². The Labute approximate surface area is 100 Å². The highest BCUT2D eigenvalue weighted by molar-refractivity contribution is 7.93. The zero-order valence-electron chi connectivity index (χ0n) is 9.60. The number of amides is 2. The topological polar surface area (TPSA) is 101 Å². The zero-order valence-corrected chi connectivity index (χ0v) is 10.4. The van der Waals surface area contributed by atoms with E-state index in [1.54, 1.807) is 32.0 Å². The standard InChI is InChI=1S/C10H15N3O3S/c1-7(2)17(15,16)13-9-5-3-4-8(6-9)12-10(11)14/h3-7,13H,1-2H3,(H3,11,12,14). The van der Waals surface area contributed by atoms with E-state index in [0.717, 1.165) is 0 Å². The number of benzene rings is 1. The third kappa shape index (κ3) is 3.95. The molecule has 0 aliphatic carbocycles. The predicted molar refractivity (Wildman–Crippen MR) is 67.3 cm³/mol. The molecule has 1 aromatic rings. The van der Waals surface area contributed by atoms with Crippen LogP contribution in [-0.2, 0) is 10.0 Å². The molecule has 0 aliphatic rings. The Kier molecular flexibility index (Phi) is 3.95. The molecule has 1 aromatic carbocycles. The largest absolute Gasteiger partial charge is 0.351 e. The van der Waals surface area contributed by atoms with Crippen LogP contribution in [0.5, 0.6) is 0 Å². The minimum atomic E-state index is -3.39. The second-order valence-electron chi connectivity index (χ2n) is 3.77. The average molecular weight is 257 g/mol. The fourth-order valence-corrected chi connectivity index (χ4v) is 1.78. The number of rotatable bonds is 4. The van der Waals surface area contributed by atoms with Crippen LogP contribution in [0.25, 0.3) is 0 Å². The Hall–Kier alpha value is -1.76. The maximum atomic E-state index is 11.6.